The Morgan fingerprint density at radius 3 is 2.58 bits per heavy atom. The molecule has 0 atom stereocenters. The summed E-state index contributed by atoms with van der Waals surface area (Å²) < 4.78 is 5.37. The minimum Gasteiger partial charge on any atom is -0.482 e. The molecule has 0 radical (unpaired) electrons. The summed E-state index contributed by atoms with van der Waals surface area (Å²) in [6.45, 7) is 0.892. The second-order valence-electron chi connectivity index (χ2n) is 8.31. The number of ether oxygens (including phenoxy) is 1. The summed E-state index contributed by atoms with van der Waals surface area (Å²) in [5, 5.41) is 12.6. The lowest BCUT2D eigenvalue weighted by molar-refractivity contribution is -0.383. The molecule has 0 aliphatic carbocycles. The molecule has 1 amide bonds. The molecule has 0 spiro atoms. The maximum Gasteiger partial charge on any atom is 0.355 e. The van der Waals surface area contributed by atoms with Crippen molar-refractivity contribution in [3.63, 3.8) is 0 Å². The Labute approximate surface area is 217 Å². The SMILES string of the molecule is O=C(COc1ccc(Cl)cc1Cl)NNc1ncnc(N2CCC(Cc3ccccc3)CC2)c1[N+](=O)[O-]. The van der Waals surface area contributed by atoms with Crippen molar-refractivity contribution in [2.45, 2.75) is 19.3 Å². The number of hydrazine groups is 1. The molecule has 2 heterocycles. The van der Waals surface area contributed by atoms with Crippen molar-refractivity contribution < 1.29 is 14.5 Å². The van der Waals surface area contributed by atoms with Crippen LogP contribution in [0.5, 0.6) is 5.75 Å². The van der Waals surface area contributed by atoms with Gasteiger partial charge < -0.3 is 9.64 Å². The van der Waals surface area contributed by atoms with E-state index in [1.807, 2.05) is 23.1 Å². The normalized spacial score (nSPS) is 13.8. The van der Waals surface area contributed by atoms with E-state index in [0.717, 1.165) is 19.3 Å². The number of amides is 1. The highest BCUT2D eigenvalue weighted by Gasteiger charge is 2.30. The number of hydrogen-bond acceptors (Lipinski definition) is 8. The molecule has 10 nitrogen and oxygen atoms in total. The van der Waals surface area contributed by atoms with E-state index < -0.39 is 10.8 Å². The van der Waals surface area contributed by atoms with Crippen LogP contribution >= 0.6 is 23.2 Å². The van der Waals surface area contributed by atoms with Gasteiger partial charge in [0.1, 0.15) is 12.1 Å². The third-order valence-electron chi connectivity index (χ3n) is 5.84. The number of aromatic nitrogens is 2. The number of hydrogen-bond donors (Lipinski definition) is 2. The van der Waals surface area contributed by atoms with Crippen LogP contribution in [-0.2, 0) is 11.2 Å². The number of nitrogens with zero attached hydrogens (tertiary/aromatic N) is 4. The lowest BCUT2D eigenvalue weighted by Gasteiger charge is -2.32. The number of benzene rings is 2. The van der Waals surface area contributed by atoms with Crippen molar-refractivity contribution in [2.75, 3.05) is 30.0 Å². The van der Waals surface area contributed by atoms with E-state index in [9.17, 15) is 14.9 Å². The van der Waals surface area contributed by atoms with E-state index >= 15 is 0 Å². The van der Waals surface area contributed by atoms with Crippen molar-refractivity contribution in [1.29, 1.82) is 0 Å². The van der Waals surface area contributed by atoms with Crippen LogP contribution in [0, 0.1) is 16.0 Å². The second kappa shape index (κ2) is 11.9. The predicted molar refractivity (Wildman–Crippen MR) is 137 cm³/mol. The molecule has 36 heavy (non-hydrogen) atoms. The molecule has 0 unspecified atom stereocenters. The van der Waals surface area contributed by atoms with Crippen LogP contribution < -0.4 is 20.5 Å². The maximum atomic E-state index is 12.2. The molecule has 1 fully saturated rings. The number of carbonyl (C=O) groups is 1. The van der Waals surface area contributed by atoms with Crippen molar-refractivity contribution in [3.8, 4) is 5.75 Å². The standard InChI is InChI=1S/C24H24Cl2N6O4/c25-18-6-7-20(19(26)13-18)36-14-21(33)29-30-23-22(32(34)35)24(28-15-27-23)31-10-8-17(9-11-31)12-16-4-2-1-3-5-16/h1-7,13,15,17H,8-12,14H2,(H,29,33)(H,27,28,30). The first-order valence-corrected chi connectivity index (χ1v) is 12.1. The van der Waals surface area contributed by atoms with Gasteiger partial charge in [-0.15, -0.1) is 0 Å². The van der Waals surface area contributed by atoms with E-state index in [4.69, 9.17) is 27.9 Å². The Morgan fingerprint density at radius 1 is 1.14 bits per heavy atom. The van der Waals surface area contributed by atoms with Crippen LogP contribution in [-0.4, -0.2) is 40.5 Å². The van der Waals surface area contributed by atoms with Gasteiger partial charge in [-0.3, -0.25) is 25.8 Å². The molecule has 188 valence electrons. The first kappa shape index (κ1) is 25.5. The molecule has 1 aromatic heterocycles. The minimum atomic E-state index is -0.586. The first-order valence-electron chi connectivity index (χ1n) is 11.3. The van der Waals surface area contributed by atoms with Gasteiger partial charge in [0.25, 0.3) is 5.91 Å². The Balaban J connectivity index is 1.36. The van der Waals surface area contributed by atoms with Crippen LogP contribution in [0.15, 0.2) is 54.9 Å². The van der Waals surface area contributed by atoms with Gasteiger partial charge in [0.2, 0.25) is 11.6 Å². The Bertz CT molecular complexity index is 1220. The smallest absolute Gasteiger partial charge is 0.355 e. The van der Waals surface area contributed by atoms with Gasteiger partial charge in [-0.05, 0) is 48.9 Å². The number of nitrogens with one attached hydrogen (secondary N) is 2. The van der Waals surface area contributed by atoms with Gasteiger partial charge in [-0.2, -0.15) is 0 Å². The summed E-state index contributed by atoms with van der Waals surface area (Å²) in [7, 11) is 0. The van der Waals surface area contributed by atoms with Crippen LogP contribution in [0.2, 0.25) is 10.0 Å². The van der Waals surface area contributed by atoms with Crippen molar-refractivity contribution in [3.05, 3.63) is 80.6 Å². The van der Waals surface area contributed by atoms with E-state index in [1.54, 1.807) is 6.07 Å². The average Bonchev–Trinajstić information content (AvgIpc) is 2.87. The number of anilines is 2. The van der Waals surface area contributed by atoms with Gasteiger partial charge in [0.15, 0.2) is 6.61 Å². The lowest BCUT2D eigenvalue weighted by Crippen LogP contribution is -2.36. The van der Waals surface area contributed by atoms with E-state index in [0.29, 0.717) is 24.0 Å². The van der Waals surface area contributed by atoms with E-state index in [2.05, 4.69) is 33.0 Å². The quantitative estimate of drug-likeness (QED) is 0.302. The summed E-state index contributed by atoms with van der Waals surface area (Å²) in [6.07, 6.45) is 3.99. The highest BCUT2D eigenvalue weighted by atomic mass is 35.5. The largest absolute Gasteiger partial charge is 0.482 e. The summed E-state index contributed by atoms with van der Waals surface area (Å²) in [5.74, 6) is 0.290. The van der Waals surface area contributed by atoms with Crippen LogP contribution in [0.1, 0.15) is 18.4 Å². The van der Waals surface area contributed by atoms with Gasteiger partial charge in [-0.1, -0.05) is 53.5 Å². The number of halogens is 2. The van der Waals surface area contributed by atoms with E-state index in [-0.39, 0.29) is 34.7 Å². The second-order valence-corrected chi connectivity index (χ2v) is 9.15. The molecule has 1 saturated heterocycles. The molecule has 3 aromatic rings. The fourth-order valence-corrected chi connectivity index (χ4v) is 4.52. The Morgan fingerprint density at radius 2 is 1.89 bits per heavy atom. The number of piperidine rings is 1. The zero-order valence-corrected chi connectivity index (χ0v) is 20.7. The summed E-state index contributed by atoms with van der Waals surface area (Å²) in [6, 6.07) is 14.9. The van der Waals surface area contributed by atoms with E-state index in [1.165, 1.54) is 24.0 Å². The fourth-order valence-electron chi connectivity index (χ4n) is 4.06. The molecule has 4 rings (SSSR count). The monoisotopic (exact) mass is 530 g/mol. The number of nitro groups is 1. The topological polar surface area (TPSA) is 123 Å². The highest BCUT2D eigenvalue weighted by Crippen LogP contribution is 2.34. The molecule has 0 bridgehead atoms. The summed E-state index contributed by atoms with van der Waals surface area (Å²) >= 11 is 11.9. The van der Waals surface area contributed by atoms with Gasteiger partial charge >= 0.3 is 5.69 Å². The molecule has 2 N–H and O–H groups in total. The molecule has 2 aromatic carbocycles. The fraction of sp³-hybridized carbons (Fsp3) is 0.292. The molecule has 0 saturated carbocycles. The number of rotatable bonds is 9. The van der Waals surface area contributed by atoms with Gasteiger partial charge in [-0.25, -0.2) is 9.97 Å². The lowest BCUT2D eigenvalue weighted by atomic mass is 9.90. The molecule has 12 heteroatoms. The van der Waals surface area contributed by atoms with Crippen LogP contribution in [0.25, 0.3) is 0 Å². The van der Waals surface area contributed by atoms with Crippen LogP contribution in [0.3, 0.4) is 0 Å². The summed E-state index contributed by atoms with van der Waals surface area (Å²) in [5.41, 5.74) is 5.87. The minimum absolute atomic E-state index is 0.116. The Kier molecular flexibility index (Phi) is 8.40. The van der Waals surface area contributed by atoms with Crippen LogP contribution in [0.4, 0.5) is 17.3 Å². The van der Waals surface area contributed by atoms with Crippen molar-refractivity contribution in [2.24, 2.45) is 5.92 Å². The molecular weight excluding hydrogens is 507 g/mol. The summed E-state index contributed by atoms with van der Waals surface area (Å²) in [4.78, 5) is 33.6. The zero-order chi connectivity index (χ0) is 25.5. The zero-order valence-electron chi connectivity index (χ0n) is 19.2. The number of carbonyl (C=O) groups excluding carboxylic acids is 1. The Hall–Kier alpha value is -3.63. The van der Waals surface area contributed by atoms with Gasteiger partial charge in [0.05, 0.1) is 9.95 Å². The van der Waals surface area contributed by atoms with Gasteiger partial charge in [0, 0.05) is 18.1 Å². The molecule has 1 aliphatic heterocycles. The highest BCUT2D eigenvalue weighted by molar-refractivity contribution is 6.35. The predicted octanol–water partition coefficient (Wildman–Crippen LogP) is 4.67. The average molecular weight is 531 g/mol. The first-order chi connectivity index (χ1) is 17.4. The van der Waals surface area contributed by atoms with Crippen molar-refractivity contribution in [1.82, 2.24) is 15.4 Å². The third kappa shape index (κ3) is 6.52. The van der Waals surface area contributed by atoms with Crippen molar-refractivity contribution >= 4 is 46.4 Å². The third-order valence-corrected chi connectivity index (χ3v) is 6.37. The molecular formula is C24H24Cl2N6O4. The molecule has 1 aliphatic rings. The maximum absolute atomic E-state index is 12.2.